The number of aliphatic hydroxyl groups is 1. The maximum Gasteiger partial charge on any atom is 0.250 e. The zero-order valence-electron chi connectivity index (χ0n) is 19.3. The molecule has 11 heteroatoms. The Balaban J connectivity index is 1.17. The number of nitrogens with one attached hydrogen (secondary N) is 2. The number of amides is 1. The number of aromatic nitrogens is 3. The number of rotatable bonds is 7. The number of halogens is 1. The van der Waals surface area contributed by atoms with E-state index in [1.54, 1.807) is 23.9 Å². The molecule has 35 heavy (non-hydrogen) atoms. The van der Waals surface area contributed by atoms with Crippen LogP contribution in [0.5, 0.6) is 0 Å². The van der Waals surface area contributed by atoms with Gasteiger partial charge < -0.3 is 25.2 Å². The number of thioether (sulfide) groups is 1. The van der Waals surface area contributed by atoms with Crippen LogP contribution in [0.25, 0.3) is 11.0 Å². The second-order valence-corrected chi connectivity index (χ2v) is 10.4. The number of aryl methyl sites for hydroxylation is 1. The van der Waals surface area contributed by atoms with E-state index in [4.69, 9.17) is 11.6 Å². The van der Waals surface area contributed by atoms with Gasteiger partial charge in [-0.25, -0.2) is 4.98 Å². The zero-order chi connectivity index (χ0) is 24.5. The number of hydrogen-bond donors (Lipinski definition) is 3. The molecule has 0 spiro atoms. The van der Waals surface area contributed by atoms with Crippen molar-refractivity contribution in [3.05, 3.63) is 57.1 Å². The SMILES string of the molecule is Cn1c(=O)ccc2ncc(Cl)c(CCN3C[C@H](CNCc4ccc5c(n4)NC(=O)CS5)[C@H](O)C3)c21. The molecule has 184 valence electrons. The Hall–Kier alpha value is -2.50. The highest BCUT2D eigenvalue weighted by atomic mass is 35.5. The van der Waals surface area contributed by atoms with Gasteiger partial charge in [0.15, 0.2) is 0 Å². The Labute approximate surface area is 211 Å². The van der Waals surface area contributed by atoms with Crippen LogP contribution in [-0.2, 0) is 24.8 Å². The third kappa shape index (κ3) is 5.22. The number of pyridine rings is 3. The quantitative estimate of drug-likeness (QED) is 0.436. The minimum Gasteiger partial charge on any atom is -0.391 e. The number of carbonyl (C=O) groups is 1. The molecule has 0 bridgehead atoms. The van der Waals surface area contributed by atoms with Gasteiger partial charge in [0.05, 0.1) is 38.5 Å². The van der Waals surface area contributed by atoms with Crippen LogP contribution in [0.15, 0.2) is 40.2 Å². The van der Waals surface area contributed by atoms with Crippen LogP contribution in [0, 0.1) is 5.92 Å². The molecule has 9 nitrogen and oxygen atoms in total. The van der Waals surface area contributed by atoms with Gasteiger partial charge in [-0.1, -0.05) is 11.6 Å². The van der Waals surface area contributed by atoms with E-state index in [-0.39, 0.29) is 17.4 Å². The molecule has 0 saturated carbocycles. The van der Waals surface area contributed by atoms with E-state index in [1.165, 1.54) is 17.8 Å². The van der Waals surface area contributed by atoms with E-state index in [1.807, 2.05) is 12.1 Å². The maximum absolute atomic E-state index is 12.1. The zero-order valence-corrected chi connectivity index (χ0v) is 20.9. The van der Waals surface area contributed by atoms with E-state index < -0.39 is 6.10 Å². The Bertz CT molecular complexity index is 1330. The first-order chi connectivity index (χ1) is 16.9. The number of anilines is 1. The largest absolute Gasteiger partial charge is 0.391 e. The fraction of sp³-hybridized carbons (Fsp3) is 0.417. The minimum atomic E-state index is -0.427. The first kappa shape index (κ1) is 24.2. The Morgan fingerprint density at radius 3 is 2.97 bits per heavy atom. The summed E-state index contributed by atoms with van der Waals surface area (Å²) in [7, 11) is 1.73. The van der Waals surface area contributed by atoms with Crippen molar-refractivity contribution < 1.29 is 9.90 Å². The Morgan fingerprint density at radius 1 is 1.26 bits per heavy atom. The standard InChI is InChI=1S/C24H27ClN6O3S/c1-30-22(34)5-3-18-23(30)16(17(25)10-27-18)6-7-31-11-14(19(32)12-31)8-26-9-15-2-4-20-24(28-15)29-21(33)13-35-20/h2-5,10,14,19,26,32H,6-9,11-13H2,1H3,(H,28,29,33)/t14-,19+/m0/s1. The molecule has 1 amide bonds. The summed E-state index contributed by atoms with van der Waals surface area (Å²) in [5, 5.41) is 17.4. The first-order valence-electron chi connectivity index (χ1n) is 11.6. The van der Waals surface area contributed by atoms with Crippen LogP contribution < -0.4 is 16.2 Å². The molecule has 1 saturated heterocycles. The molecule has 2 aliphatic heterocycles. The minimum absolute atomic E-state index is 0.0300. The molecule has 0 radical (unpaired) electrons. The molecule has 5 rings (SSSR count). The predicted octanol–water partition coefficient (Wildman–Crippen LogP) is 1.65. The van der Waals surface area contributed by atoms with Crippen LogP contribution in [0.2, 0.25) is 5.02 Å². The lowest BCUT2D eigenvalue weighted by Crippen LogP contribution is -2.30. The number of fused-ring (bicyclic) bond motifs is 2. The maximum atomic E-state index is 12.1. The summed E-state index contributed by atoms with van der Waals surface area (Å²) in [5.74, 6) is 1.11. The van der Waals surface area contributed by atoms with E-state index >= 15 is 0 Å². The first-order valence-corrected chi connectivity index (χ1v) is 12.9. The monoisotopic (exact) mass is 514 g/mol. The molecule has 5 heterocycles. The van der Waals surface area contributed by atoms with Crippen molar-refractivity contribution in [2.75, 3.05) is 37.2 Å². The number of aliphatic hydroxyl groups excluding tert-OH is 1. The lowest BCUT2D eigenvalue weighted by atomic mass is 10.1. The highest BCUT2D eigenvalue weighted by Crippen LogP contribution is 2.30. The molecule has 3 aromatic rings. The van der Waals surface area contributed by atoms with Gasteiger partial charge in [-0.3, -0.25) is 14.6 Å². The molecule has 2 aliphatic rings. The lowest BCUT2D eigenvalue weighted by molar-refractivity contribution is -0.113. The second kappa shape index (κ2) is 10.2. The van der Waals surface area contributed by atoms with Gasteiger partial charge in [0.1, 0.15) is 5.82 Å². The summed E-state index contributed by atoms with van der Waals surface area (Å²) in [4.78, 5) is 35.9. The summed E-state index contributed by atoms with van der Waals surface area (Å²) >= 11 is 7.96. The van der Waals surface area contributed by atoms with E-state index in [9.17, 15) is 14.7 Å². The summed E-state index contributed by atoms with van der Waals surface area (Å²) in [5.41, 5.74) is 3.15. The van der Waals surface area contributed by atoms with Gasteiger partial charge in [-0.05, 0) is 30.2 Å². The summed E-state index contributed by atoms with van der Waals surface area (Å²) in [6.45, 7) is 3.29. The fourth-order valence-corrected chi connectivity index (χ4v) is 5.71. The van der Waals surface area contributed by atoms with Gasteiger partial charge in [0.25, 0.3) is 5.56 Å². The normalized spacial score (nSPS) is 20.3. The summed E-state index contributed by atoms with van der Waals surface area (Å²) in [6, 6.07) is 7.18. The number of likely N-dealkylation sites (tertiary alicyclic amines) is 1. The Morgan fingerprint density at radius 2 is 2.11 bits per heavy atom. The van der Waals surface area contributed by atoms with Gasteiger partial charge >= 0.3 is 0 Å². The molecule has 0 aliphatic carbocycles. The number of carbonyl (C=O) groups excluding carboxylic acids is 1. The van der Waals surface area contributed by atoms with Crippen molar-refractivity contribution in [1.29, 1.82) is 0 Å². The highest BCUT2D eigenvalue weighted by molar-refractivity contribution is 8.00. The lowest BCUT2D eigenvalue weighted by Gasteiger charge is -2.18. The molecule has 3 N–H and O–H groups in total. The molecule has 1 fully saturated rings. The molecular formula is C24H27ClN6O3S. The van der Waals surface area contributed by atoms with Crippen LogP contribution >= 0.6 is 23.4 Å². The molecule has 0 aromatic carbocycles. The number of β-amino-alcohol motifs (C(OH)–C–C–N with tert-alkyl or cyclic N) is 1. The topological polar surface area (TPSA) is 112 Å². The van der Waals surface area contributed by atoms with Crippen molar-refractivity contribution in [3.63, 3.8) is 0 Å². The third-order valence-electron chi connectivity index (χ3n) is 6.59. The van der Waals surface area contributed by atoms with Crippen molar-refractivity contribution in [1.82, 2.24) is 24.8 Å². The number of hydrogen-bond acceptors (Lipinski definition) is 8. The van der Waals surface area contributed by atoms with Crippen LogP contribution in [-0.4, -0.2) is 68.5 Å². The smallest absolute Gasteiger partial charge is 0.250 e. The van der Waals surface area contributed by atoms with Gasteiger partial charge in [0, 0.05) is 58.0 Å². The third-order valence-corrected chi connectivity index (χ3v) is 7.96. The van der Waals surface area contributed by atoms with Crippen LogP contribution in [0.1, 0.15) is 11.3 Å². The molecule has 0 unspecified atom stereocenters. The van der Waals surface area contributed by atoms with Gasteiger partial charge in [-0.15, -0.1) is 11.8 Å². The summed E-state index contributed by atoms with van der Waals surface area (Å²) in [6.07, 6.45) is 1.86. The molecule has 2 atom stereocenters. The van der Waals surface area contributed by atoms with Crippen molar-refractivity contribution in [2.45, 2.75) is 24.0 Å². The van der Waals surface area contributed by atoms with Crippen molar-refractivity contribution >= 4 is 46.1 Å². The predicted molar refractivity (Wildman–Crippen MR) is 137 cm³/mol. The van der Waals surface area contributed by atoms with Crippen LogP contribution in [0.4, 0.5) is 5.82 Å². The highest BCUT2D eigenvalue weighted by Gasteiger charge is 2.31. The molecule has 3 aromatic heterocycles. The molecular weight excluding hydrogens is 488 g/mol. The van der Waals surface area contributed by atoms with Gasteiger partial charge in [0.2, 0.25) is 5.91 Å². The Kier molecular flexibility index (Phi) is 7.08. The average molecular weight is 515 g/mol. The second-order valence-electron chi connectivity index (χ2n) is 9.00. The van der Waals surface area contributed by atoms with Crippen molar-refractivity contribution in [3.8, 4) is 0 Å². The van der Waals surface area contributed by atoms with E-state index in [0.29, 0.717) is 42.6 Å². The van der Waals surface area contributed by atoms with E-state index in [0.717, 1.165) is 40.3 Å². The fourth-order valence-electron chi connectivity index (χ4n) is 4.72. The van der Waals surface area contributed by atoms with E-state index in [2.05, 4.69) is 25.5 Å². The van der Waals surface area contributed by atoms with Crippen LogP contribution in [0.3, 0.4) is 0 Å². The average Bonchev–Trinajstić information content (AvgIpc) is 3.19. The summed E-state index contributed by atoms with van der Waals surface area (Å²) < 4.78 is 1.59. The number of nitrogens with zero attached hydrogens (tertiary/aromatic N) is 4. The van der Waals surface area contributed by atoms with Crippen molar-refractivity contribution in [2.24, 2.45) is 13.0 Å². The van der Waals surface area contributed by atoms with Gasteiger partial charge in [-0.2, -0.15) is 0 Å².